The molecule has 2 amide bonds. The highest BCUT2D eigenvalue weighted by Gasteiger charge is 2.63. The number of fused-ring (bicyclic) bond motifs is 2. The minimum absolute atomic E-state index is 0.183. The van der Waals surface area contributed by atoms with Gasteiger partial charge in [0.1, 0.15) is 6.04 Å². The summed E-state index contributed by atoms with van der Waals surface area (Å²) >= 11 is 1.36. The predicted octanol–water partition coefficient (Wildman–Crippen LogP) is 3.92. The molecule has 2 atom stereocenters. The van der Waals surface area contributed by atoms with Crippen LogP contribution >= 0.6 is 11.8 Å². The van der Waals surface area contributed by atoms with Crippen molar-refractivity contribution in [3.63, 3.8) is 0 Å². The number of carbonyl (C=O) groups excluding carboxylic acids is 3. The standard InChI is InChI=1S/C25H28N2O4S/c1-5-22(28)27-21(23(29)31-6-2)15-32-25(27)19-13-17(4)9-12-20(19)26(24(25)30)14-18-10-7-16(3)8-11-18/h7-13,21H,5-6,14-15H2,1-4H3. The molecule has 32 heavy (non-hydrogen) atoms. The molecular formula is C25H28N2O4S. The third kappa shape index (κ3) is 3.48. The van der Waals surface area contributed by atoms with Crippen LogP contribution in [0.5, 0.6) is 0 Å². The van der Waals surface area contributed by atoms with Crippen molar-refractivity contribution >= 4 is 35.2 Å². The summed E-state index contributed by atoms with van der Waals surface area (Å²) in [6.45, 7) is 8.11. The van der Waals surface area contributed by atoms with Crippen LogP contribution in [0.1, 0.15) is 42.5 Å². The van der Waals surface area contributed by atoms with Gasteiger partial charge in [-0.3, -0.25) is 9.59 Å². The number of nitrogens with zero attached hydrogens (tertiary/aromatic N) is 2. The average molecular weight is 453 g/mol. The molecule has 2 unspecified atom stereocenters. The van der Waals surface area contributed by atoms with Gasteiger partial charge in [0.05, 0.1) is 18.8 Å². The number of thioether (sulfide) groups is 1. The number of hydrogen-bond donors (Lipinski definition) is 0. The van der Waals surface area contributed by atoms with E-state index in [-0.39, 0.29) is 24.8 Å². The summed E-state index contributed by atoms with van der Waals surface area (Å²) in [6, 6.07) is 13.2. The minimum atomic E-state index is -1.25. The number of esters is 1. The van der Waals surface area contributed by atoms with Gasteiger partial charge in [0.2, 0.25) is 5.91 Å². The van der Waals surface area contributed by atoms with E-state index in [0.29, 0.717) is 12.3 Å². The normalized spacial score (nSPS) is 21.9. The molecular weight excluding hydrogens is 424 g/mol. The van der Waals surface area contributed by atoms with Crippen LogP contribution in [0, 0.1) is 13.8 Å². The van der Waals surface area contributed by atoms with Crippen LogP contribution in [-0.2, 0) is 30.5 Å². The predicted molar refractivity (Wildman–Crippen MR) is 125 cm³/mol. The number of ether oxygens (including phenoxy) is 1. The van der Waals surface area contributed by atoms with Gasteiger partial charge in [0, 0.05) is 17.7 Å². The first-order chi connectivity index (χ1) is 15.3. The van der Waals surface area contributed by atoms with Crippen molar-refractivity contribution in [2.24, 2.45) is 0 Å². The fraction of sp³-hybridized carbons (Fsp3) is 0.400. The van der Waals surface area contributed by atoms with Gasteiger partial charge < -0.3 is 14.5 Å². The van der Waals surface area contributed by atoms with Crippen molar-refractivity contribution in [2.45, 2.75) is 51.6 Å². The number of hydrogen-bond acceptors (Lipinski definition) is 5. The van der Waals surface area contributed by atoms with Crippen LogP contribution in [-0.4, -0.2) is 41.1 Å². The van der Waals surface area contributed by atoms with E-state index in [1.165, 1.54) is 16.7 Å². The van der Waals surface area contributed by atoms with Gasteiger partial charge in [-0.05, 0) is 32.4 Å². The van der Waals surface area contributed by atoms with E-state index in [9.17, 15) is 14.4 Å². The van der Waals surface area contributed by atoms with Crippen LogP contribution in [0.15, 0.2) is 42.5 Å². The smallest absolute Gasteiger partial charge is 0.329 e. The van der Waals surface area contributed by atoms with E-state index in [1.54, 1.807) is 18.7 Å². The van der Waals surface area contributed by atoms with Crippen molar-refractivity contribution < 1.29 is 19.1 Å². The Labute approximate surface area is 192 Å². The van der Waals surface area contributed by atoms with Gasteiger partial charge in [-0.2, -0.15) is 0 Å². The topological polar surface area (TPSA) is 66.9 Å². The monoisotopic (exact) mass is 452 g/mol. The molecule has 1 saturated heterocycles. The largest absolute Gasteiger partial charge is 0.464 e. The number of benzene rings is 2. The number of rotatable bonds is 5. The van der Waals surface area contributed by atoms with E-state index in [1.807, 2.05) is 56.3 Å². The summed E-state index contributed by atoms with van der Waals surface area (Å²) < 4.78 is 5.26. The molecule has 2 aromatic carbocycles. The highest BCUT2D eigenvalue weighted by molar-refractivity contribution is 8.01. The highest BCUT2D eigenvalue weighted by Crippen LogP contribution is 2.56. The van der Waals surface area contributed by atoms with Crippen LogP contribution in [0.2, 0.25) is 0 Å². The molecule has 168 valence electrons. The van der Waals surface area contributed by atoms with Crippen molar-refractivity contribution in [1.82, 2.24) is 4.90 Å². The second kappa shape index (κ2) is 8.62. The maximum atomic E-state index is 14.1. The minimum Gasteiger partial charge on any atom is -0.464 e. The Balaban J connectivity index is 1.83. The second-order valence-corrected chi connectivity index (χ2v) is 9.45. The molecule has 1 spiro atoms. The summed E-state index contributed by atoms with van der Waals surface area (Å²) in [5, 5.41) is 0. The SMILES string of the molecule is CCOC(=O)C1CSC2(C(=O)N(Cc3ccc(C)cc3)c3ccc(C)cc32)N1C(=O)CC. The molecule has 0 radical (unpaired) electrons. The van der Waals surface area contributed by atoms with Crippen LogP contribution in [0.3, 0.4) is 0 Å². The van der Waals surface area contributed by atoms with Gasteiger partial charge in [-0.15, -0.1) is 11.8 Å². The van der Waals surface area contributed by atoms with Gasteiger partial charge in [-0.25, -0.2) is 4.79 Å². The van der Waals surface area contributed by atoms with E-state index in [4.69, 9.17) is 4.74 Å². The first kappa shape index (κ1) is 22.4. The zero-order chi connectivity index (χ0) is 23.0. The van der Waals surface area contributed by atoms with Crippen LogP contribution in [0.25, 0.3) is 0 Å². The summed E-state index contributed by atoms with van der Waals surface area (Å²) in [4.78, 5) is 42.0. The van der Waals surface area contributed by atoms with Gasteiger partial charge in [-0.1, -0.05) is 54.4 Å². The first-order valence-corrected chi connectivity index (χ1v) is 11.9. The summed E-state index contributed by atoms with van der Waals surface area (Å²) in [5.74, 6) is -0.553. The third-order valence-corrected chi connectivity index (χ3v) is 7.53. The molecule has 0 aliphatic carbocycles. The molecule has 2 aliphatic heterocycles. The lowest BCUT2D eigenvalue weighted by atomic mass is 10.0. The Kier molecular flexibility index (Phi) is 6.03. The van der Waals surface area contributed by atoms with E-state index < -0.39 is 16.9 Å². The molecule has 2 heterocycles. The fourth-order valence-corrected chi connectivity index (χ4v) is 6.07. The Bertz CT molecular complexity index is 1070. The highest BCUT2D eigenvalue weighted by atomic mass is 32.2. The maximum Gasteiger partial charge on any atom is 0.329 e. The van der Waals surface area contributed by atoms with Crippen molar-refractivity contribution in [3.05, 3.63) is 64.7 Å². The summed E-state index contributed by atoms with van der Waals surface area (Å²) in [7, 11) is 0. The Hall–Kier alpha value is -2.80. The molecule has 0 N–H and O–H groups in total. The summed E-state index contributed by atoms with van der Waals surface area (Å²) in [5.41, 5.74) is 4.71. The Morgan fingerprint density at radius 2 is 1.78 bits per heavy atom. The molecule has 2 aromatic rings. The lowest BCUT2D eigenvalue weighted by molar-refractivity contribution is -0.157. The van der Waals surface area contributed by atoms with Crippen molar-refractivity contribution in [3.8, 4) is 0 Å². The molecule has 1 fully saturated rings. The zero-order valence-corrected chi connectivity index (χ0v) is 19.7. The van der Waals surface area contributed by atoms with Crippen molar-refractivity contribution in [2.75, 3.05) is 17.3 Å². The molecule has 0 aromatic heterocycles. The van der Waals surface area contributed by atoms with E-state index in [0.717, 1.165) is 27.9 Å². The maximum absolute atomic E-state index is 14.1. The van der Waals surface area contributed by atoms with E-state index >= 15 is 0 Å². The number of aryl methyl sites for hydroxylation is 2. The van der Waals surface area contributed by atoms with Gasteiger partial charge >= 0.3 is 5.97 Å². The number of amides is 2. The fourth-order valence-electron chi connectivity index (χ4n) is 4.46. The first-order valence-electron chi connectivity index (χ1n) is 10.9. The lowest BCUT2D eigenvalue weighted by Crippen LogP contribution is -2.55. The number of anilines is 1. The van der Waals surface area contributed by atoms with Gasteiger partial charge in [0.25, 0.3) is 5.91 Å². The lowest BCUT2D eigenvalue weighted by Gasteiger charge is -2.35. The van der Waals surface area contributed by atoms with E-state index in [2.05, 4.69) is 0 Å². The third-order valence-electron chi connectivity index (χ3n) is 6.04. The molecule has 2 aliphatic rings. The average Bonchev–Trinajstić information content (AvgIpc) is 3.28. The van der Waals surface area contributed by atoms with Crippen LogP contribution < -0.4 is 4.90 Å². The van der Waals surface area contributed by atoms with Crippen LogP contribution in [0.4, 0.5) is 5.69 Å². The molecule has 4 rings (SSSR count). The van der Waals surface area contributed by atoms with Gasteiger partial charge in [0.15, 0.2) is 4.87 Å². The quantitative estimate of drug-likeness (QED) is 0.644. The summed E-state index contributed by atoms with van der Waals surface area (Å²) in [6.07, 6.45) is 0.199. The molecule has 0 saturated carbocycles. The Morgan fingerprint density at radius 3 is 2.44 bits per heavy atom. The molecule has 7 heteroatoms. The second-order valence-electron chi connectivity index (χ2n) is 8.24. The Morgan fingerprint density at radius 1 is 1.09 bits per heavy atom. The molecule has 0 bridgehead atoms. The number of carbonyl (C=O) groups is 3. The van der Waals surface area contributed by atoms with Crippen molar-refractivity contribution in [1.29, 1.82) is 0 Å². The zero-order valence-electron chi connectivity index (χ0n) is 18.9. The molecule has 6 nitrogen and oxygen atoms in total.